The maximum absolute atomic E-state index is 4.90. The van der Waals surface area contributed by atoms with Crippen molar-refractivity contribution in [3.63, 3.8) is 0 Å². The highest BCUT2D eigenvalue weighted by atomic mass is 32.2. The highest BCUT2D eigenvalue weighted by molar-refractivity contribution is 8.01. The Morgan fingerprint density at radius 1 is 1.45 bits per heavy atom. The third-order valence-corrected chi connectivity index (χ3v) is 2.53. The molecule has 2 N–H and O–H groups in total. The van der Waals surface area contributed by atoms with Crippen LogP contribution in [-0.4, -0.2) is 31.1 Å². The lowest BCUT2D eigenvalue weighted by Gasteiger charge is -2.28. The Labute approximate surface area is 70.0 Å². The second-order valence-electron chi connectivity index (χ2n) is 2.50. The topological polar surface area (TPSA) is 36.5 Å². The zero-order valence-electron chi connectivity index (χ0n) is 6.17. The van der Waals surface area contributed by atoms with Crippen LogP contribution in [0.5, 0.6) is 0 Å². The molecule has 62 valence electrons. The van der Waals surface area contributed by atoms with Crippen molar-refractivity contribution in [2.24, 2.45) is 0 Å². The molecule has 5 heteroatoms. The largest absolute Gasteiger partial charge is 0.403 e. The Kier molecular flexibility index (Phi) is 2.21. The molecule has 0 unspecified atom stereocenters. The van der Waals surface area contributed by atoms with Gasteiger partial charge in [0, 0.05) is 38.1 Å². The fraction of sp³-hybridized carbons (Fsp3) is 0.667. The molecule has 0 aliphatic carbocycles. The van der Waals surface area contributed by atoms with E-state index < -0.39 is 0 Å². The van der Waals surface area contributed by atoms with E-state index in [9.17, 15) is 0 Å². The number of nitrogens with one attached hydrogen (secondary N) is 2. The van der Waals surface area contributed by atoms with Crippen LogP contribution < -0.4 is 10.2 Å². The summed E-state index contributed by atoms with van der Waals surface area (Å²) in [5, 5.41) is 4.49. The molecular formula is C6H11N3OS. The van der Waals surface area contributed by atoms with Crippen molar-refractivity contribution in [2.75, 3.05) is 26.2 Å². The first-order valence-corrected chi connectivity index (χ1v) is 4.52. The lowest BCUT2D eigenvalue weighted by atomic mass is 10.4. The minimum atomic E-state index is 1.07. The quantitative estimate of drug-likeness (QED) is 0.540. The summed E-state index contributed by atoms with van der Waals surface area (Å²) in [6.07, 6.45) is 1.76. The normalized spacial score (nSPS) is 24.7. The molecule has 4 nitrogen and oxygen atoms in total. The van der Waals surface area contributed by atoms with E-state index in [1.807, 2.05) is 0 Å². The van der Waals surface area contributed by atoms with E-state index in [1.54, 1.807) is 6.26 Å². The number of hydrogen-bond donors (Lipinski definition) is 2. The van der Waals surface area contributed by atoms with Gasteiger partial charge in [-0.25, -0.2) is 0 Å². The van der Waals surface area contributed by atoms with E-state index in [0.29, 0.717) is 0 Å². The predicted octanol–water partition coefficient (Wildman–Crippen LogP) is -0.127. The third kappa shape index (κ3) is 1.61. The van der Waals surface area contributed by atoms with Crippen LogP contribution in [0.4, 0.5) is 0 Å². The fourth-order valence-electron chi connectivity index (χ4n) is 1.19. The average Bonchev–Trinajstić information content (AvgIpc) is 2.58. The summed E-state index contributed by atoms with van der Waals surface area (Å²) in [5.41, 5.74) is 0. The molecule has 0 bridgehead atoms. The molecule has 2 rings (SSSR count). The Morgan fingerprint density at radius 3 is 2.91 bits per heavy atom. The van der Waals surface area contributed by atoms with Gasteiger partial charge in [0.25, 0.3) is 0 Å². The Balaban J connectivity index is 1.92. The molecule has 11 heavy (non-hydrogen) atoms. The van der Waals surface area contributed by atoms with E-state index in [2.05, 4.69) is 15.1 Å². The molecule has 2 heterocycles. The molecule has 0 aromatic rings. The van der Waals surface area contributed by atoms with Crippen LogP contribution in [0.3, 0.4) is 0 Å². The first kappa shape index (κ1) is 7.27. The van der Waals surface area contributed by atoms with Gasteiger partial charge in [0.05, 0.1) is 0 Å². The summed E-state index contributed by atoms with van der Waals surface area (Å²) in [6, 6.07) is 0. The first-order chi connectivity index (χ1) is 5.47. The summed E-state index contributed by atoms with van der Waals surface area (Å²) >= 11 is 1.54. The smallest absolute Gasteiger partial charge is 0.143 e. The summed E-state index contributed by atoms with van der Waals surface area (Å²) < 4.78 is 0. The number of piperazine rings is 1. The lowest BCUT2D eigenvalue weighted by Crippen LogP contribution is -2.42. The second kappa shape index (κ2) is 3.34. The molecule has 0 aromatic carbocycles. The van der Waals surface area contributed by atoms with Crippen LogP contribution >= 0.6 is 11.9 Å². The van der Waals surface area contributed by atoms with E-state index >= 15 is 0 Å². The number of hydrogen-bond acceptors (Lipinski definition) is 5. The van der Waals surface area contributed by atoms with Crippen molar-refractivity contribution in [2.45, 2.75) is 0 Å². The molecule has 0 amide bonds. The van der Waals surface area contributed by atoms with Gasteiger partial charge in [-0.2, -0.15) is 0 Å². The highest BCUT2D eigenvalue weighted by Crippen LogP contribution is 2.21. The van der Waals surface area contributed by atoms with Crippen molar-refractivity contribution in [1.82, 2.24) is 15.1 Å². The molecule has 0 spiro atoms. The Bertz CT molecular complexity index is 167. The first-order valence-electron chi connectivity index (χ1n) is 3.70. The molecule has 1 saturated heterocycles. The van der Waals surface area contributed by atoms with Gasteiger partial charge in [-0.15, -0.1) is 0 Å². The van der Waals surface area contributed by atoms with Crippen LogP contribution in [0.2, 0.25) is 0 Å². The maximum Gasteiger partial charge on any atom is 0.143 e. The second-order valence-corrected chi connectivity index (χ2v) is 3.29. The SMILES string of the molecule is C1=C(N2CCNCC2)SNO1. The fourth-order valence-corrected chi connectivity index (χ4v) is 1.78. The van der Waals surface area contributed by atoms with Gasteiger partial charge >= 0.3 is 0 Å². The summed E-state index contributed by atoms with van der Waals surface area (Å²) in [7, 11) is 0. The lowest BCUT2D eigenvalue weighted by molar-refractivity contribution is 0.217. The van der Waals surface area contributed by atoms with E-state index in [1.165, 1.54) is 17.0 Å². The van der Waals surface area contributed by atoms with Gasteiger partial charge in [0.2, 0.25) is 0 Å². The minimum absolute atomic E-state index is 1.07. The predicted molar refractivity (Wildman–Crippen MR) is 44.3 cm³/mol. The van der Waals surface area contributed by atoms with Crippen molar-refractivity contribution in [1.29, 1.82) is 0 Å². The van der Waals surface area contributed by atoms with E-state index in [-0.39, 0.29) is 0 Å². The molecule has 0 saturated carbocycles. The van der Waals surface area contributed by atoms with Crippen LogP contribution in [0.1, 0.15) is 0 Å². The molecule has 1 fully saturated rings. The Hall–Kier alpha value is -0.390. The molecule has 0 radical (unpaired) electrons. The standard InChI is InChI=1S/C6H11N3OS/c1-3-9(4-2-7-1)6-5-10-8-11-6/h5,7-8H,1-4H2. The van der Waals surface area contributed by atoms with Crippen molar-refractivity contribution in [3.8, 4) is 0 Å². The van der Waals surface area contributed by atoms with Gasteiger partial charge in [-0.3, -0.25) is 0 Å². The van der Waals surface area contributed by atoms with Crippen LogP contribution in [0.15, 0.2) is 11.3 Å². The number of rotatable bonds is 1. The molecule has 2 aliphatic rings. The van der Waals surface area contributed by atoms with E-state index in [4.69, 9.17) is 4.84 Å². The zero-order valence-corrected chi connectivity index (χ0v) is 6.99. The van der Waals surface area contributed by atoms with Crippen LogP contribution in [0.25, 0.3) is 0 Å². The van der Waals surface area contributed by atoms with Gasteiger partial charge in [0.1, 0.15) is 11.3 Å². The minimum Gasteiger partial charge on any atom is -0.403 e. The van der Waals surface area contributed by atoms with Crippen LogP contribution in [0, 0.1) is 0 Å². The zero-order chi connectivity index (χ0) is 7.52. The van der Waals surface area contributed by atoms with Crippen molar-refractivity contribution in [3.05, 3.63) is 11.3 Å². The molecule has 0 aromatic heterocycles. The average molecular weight is 173 g/mol. The molecule has 0 atom stereocenters. The van der Waals surface area contributed by atoms with Gasteiger partial charge in [-0.05, 0) is 0 Å². The van der Waals surface area contributed by atoms with Gasteiger partial charge in [-0.1, -0.05) is 4.89 Å². The van der Waals surface area contributed by atoms with E-state index in [0.717, 1.165) is 26.2 Å². The molecular weight excluding hydrogens is 162 g/mol. The summed E-state index contributed by atoms with van der Waals surface area (Å²) in [4.78, 5) is 9.94. The summed E-state index contributed by atoms with van der Waals surface area (Å²) in [5.74, 6) is 0. The maximum atomic E-state index is 4.90. The van der Waals surface area contributed by atoms with Crippen LogP contribution in [-0.2, 0) is 4.84 Å². The third-order valence-electron chi connectivity index (χ3n) is 1.78. The highest BCUT2D eigenvalue weighted by Gasteiger charge is 2.16. The number of nitrogens with zero attached hydrogens (tertiary/aromatic N) is 1. The van der Waals surface area contributed by atoms with Crippen molar-refractivity contribution >= 4 is 11.9 Å². The monoisotopic (exact) mass is 173 g/mol. The van der Waals surface area contributed by atoms with Crippen molar-refractivity contribution < 1.29 is 4.84 Å². The van der Waals surface area contributed by atoms with Gasteiger partial charge < -0.3 is 15.1 Å². The Morgan fingerprint density at radius 2 is 2.27 bits per heavy atom. The summed E-state index contributed by atoms with van der Waals surface area (Å²) in [6.45, 7) is 4.28. The molecule has 2 aliphatic heterocycles. The van der Waals surface area contributed by atoms with Gasteiger partial charge in [0.15, 0.2) is 0 Å².